The highest BCUT2D eigenvalue weighted by atomic mass is 16.5. The quantitative estimate of drug-likeness (QED) is 0.899. The minimum absolute atomic E-state index is 0.149. The van der Waals surface area contributed by atoms with Gasteiger partial charge in [0, 0.05) is 32.0 Å². The first-order valence-electron chi connectivity index (χ1n) is 8.14. The average Bonchev–Trinajstić information content (AvgIpc) is 3.17. The molecule has 0 spiro atoms. The maximum Gasteiger partial charge on any atom is 0.321 e. The van der Waals surface area contributed by atoms with Crippen molar-refractivity contribution in [1.82, 2.24) is 15.0 Å². The van der Waals surface area contributed by atoms with Crippen molar-refractivity contribution in [3.05, 3.63) is 30.2 Å². The van der Waals surface area contributed by atoms with E-state index in [1.165, 1.54) is 0 Å². The summed E-state index contributed by atoms with van der Waals surface area (Å²) in [6.45, 7) is 2.26. The van der Waals surface area contributed by atoms with Gasteiger partial charge in [-0.2, -0.15) is 4.98 Å². The average molecular weight is 330 g/mol. The summed E-state index contributed by atoms with van der Waals surface area (Å²) in [7, 11) is 1.74. The van der Waals surface area contributed by atoms with Gasteiger partial charge in [-0.15, -0.1) is 0 Å². The van der Waals surface area contributed by atoms with E-state index in [0.29, 0.717) is 29.5 Å². The second-order valence-electron chi connectivity index (χ2n) is 6.25. The van der Waals surface area contributed by atoms with Gasteiger partial charge in [0.05, 0.1) is 11.8 Å². The van der Waals surface area contributed by atoms with Crippen LogP contribution in [0.15, 0.2) is 28.8 Å². The van der Waals surface area contributed by atoms with Gasteiger partial charge >= 0.3 is 6.03 Å². The summed E-state index contributed by atoms with van der Waals surface area (Å²) in [4.78, 5) is 18.3. The number of carbonyl (C=O) groups excluding carboxylic acids is 1. The normalized spacial score (nSPS) is 20.1. The molecule has 1 aromatic carbocycles. The molecule has 2 aromatic rings. The number of benzene rings is 1. The minimum Gasteiger partial charge on any atom is -0.393 e. The lowest BCUT2D eigenvalue weighted by atomic mass is 10.1. The van der Waals surface area contributed by atoms with Crippen LogP contribution in [0.2, 0.25) is 0 Å². The molecule has 0 aliphatic heterocycles. The third kappa shape index (κ3) is 3.56. The van der Waals surface area contributed by atoms with Crippen LogP contribution in [0.25, 0.3) is 11.4 Å². The molecule has 1 saturated carbocycles. The number of aliphatic hydroxyl groups is 1. The van der Waals surface area contributed by atoms with Gasteiger partial charge in [-0.25, -0.2) is 4.79 Å². The molecular weight excluding hydrogens is 308 g/mol. The van der Waals surface area contributed by atoms with Crippen molar-refractivity contribution < 1.29 is 14.4 Å². The number of aryl methyl sites for hydroxylation is 1. The molecule has 1 aliphatic carbocycles. The van der Waals surface area contributed by atoms with E-state index in [1.54, 1.807) is 24.9 Å². The molecular formula is C17H22N4O3. The number of nitrogens with one attached hydrogen (secondary N) is 1. The van der Waals surface area contributed by atoms with Crippen molar-refractivity contribution in [3.63, 3.8) is 0 Å². The molecule has 1 aromatic heterocycles. The van der Waals surface area contributed by atoms with Crippen LogP contribution in [0.3, 0.4) is 0 Å². The van der Waals surface area contributed by atoms with Crippen molar-refractivity contribution in [1.29, 1.82) is 0 Å². The van der Waals surface area contributed by atoms with Crippen LogP contribution in [0.4, 0.5) is 10.5 Å². The van der Waals surface area contributed by atoms with Crippen LogP contribution >= 0.6 is 0 Å². The summed E-state index contributed by atoms with van der Waals surface area (Å²) in [6.07, 6.45) is 2.48. The van der Waals surface area contributed by atoms with Gasteiger partial charge in [0.25, 0.3) is 0 Å². The minimum atomic E-state index is -0.310. The Bertz CT molecular complexity index is 715. The van der Waals surface area contributed by atoms with E-state index in [1.807, 2.05) is 18.2 Å². The van der Waals surface area contributed by atoms with E-state index in [9.17, 15) is 9.90 Å². The van der Waals surface area contributed by atoms with Crippen LogP contribution in [0.1, 0.15) is 25.2 Å². The highest BCUT2D eigenvalue weighted by Crippen LogP contribution is 2.27. The van der Waals surface area contributed by atoms with E-state index in [2.05, 4.69) is 15.5 Å². The van der Waals surface area contributed by atoms with Gasteiger partial charge in [-0.3, -0.25) is 0 Å². The Morgan fingerprint density at radius 1 is 1.42 bits per heavy atom. The predicted octanol–water partition coefficient (Wildman–Crippen LogP) is 2.67. The molecule has 1 aliphatic rings. The summed E-state index contributed by atoms with van der Waals surface area (Å²) in [5, 5.41) is 16.7. The molecule has 1 heterocycles. The number of amides is 2. The summed E-state index contributed by atoms with van der Waals surface area (Å²) in [5.41, 5.74) is 1.33. The molecule has 0 unspecified atom stereocenters. The van der Waals surface area contributed by atoms with E-state index in [4.69, 9.17) is 4.52 Å². The van der Waals surface area contributed by atoms with E-state index >= 15 is 0 Å². The fourth-order valence-electron chi connectivity index (χ4n) is 3.07. The largest absolute Gasteiger partial charge is 0.393 e. The summed E-state index contributed by atoms with van der Waals surface area (Å²) < 4.78 is 5.01. The Hall–Kier alpha value is -2.41. The van der Waals surface area contributed by atoms with Crippen LogP contribution in [0.5, 0.6) is 0 Å². The van der Waals surface area contributed by atoms with Crippen molar-refractivity contribution in [2.24, 2.45) is 5.92 Å². The molecule has 7 heteroatoms. The Kier molecular flexibility index (Phi) is 4.80. The van der Waals surface area contributed by atoms with Crippen LogP contribution in [-0.4, -0.2) is 45.9 Å². The second kappa shape index (κ2) is 7.00. The first-order valence-corrected chi connectivity index (χ1v) is 8.14. The fraction of sp³-hybridized carbons (Fsp3) is 0.471. The van der Waals surface area contributed by atoms with Crippen molar-refractivity contribution in [2.75, 3.05) is 18.9 Å². The monoisotopic (exact) mass is 330 g/mol. The lowest BCUT2D eigenvalue weighted by molar-refractivity contribution is 0.116. The van der Waals surface area contributed by atoms with Gasteiger partial charge in [-0.1, -0.05) is 23.7 Å². The van der Waals surface area contributed by atoms with E-state index in [-0.39, 0.29) is 18.1 Å². The topological polar surface area (TPSA) is 91.5 Å². The highest BCUT2D eigenvalue weighted by molar-refractivity contribution is 5.93. The number of carbonyl (C=O) groups is 1. The Morgan fingerprint density at radius 2 is 2.21 bits per heavy atom. The molecule has 2 N–H and O–H groups in total. The van der Waals surface area contributed by atoms with Crippen LogP contribution < -0.4 is 5.32 Å². The van der Waals surface area contributed by atoms with E-state index < -0.39 is 0 Å². The lowest BCUT2D eigenvalue weighted by Gasteiger charge is -2.24. The molecule has 0 bridgehead atoms. The predicted molar refractivity (Wildman–Crippen MR) is 89.5 cm³/mol. The van der Waals surface area contributed by atoms with Crippen LogP contribution in [0, 0.1) is 12.8 Å². The summed E-state index contributed by atoms with van der Waals surface area (Å²) >= 11 is 0. The number of para-hydroxylation sites is 1. The molecule has 128 valence electrons. The third-order valence-electron chi connectivity index (χ3n) is 4.41. The number of urea groups is 1. The zero-order chi connectivity index (χ0) is 17.1. The number of aromatic nitrogens is 2. The van der Waals surface area contributed by atoms with Gasteiger partial charge in [0.1, 0.15) is 0 Å². The van der Waals surface area contributed by atoms with Crippen molar-refractivity contribution in [3.8, 4) is 11.4 Å². The van der Waals surface area contributed by atoms with Gasteiger partial charge in [0.2, 0.25) is 11.7 Å². The molecule has 2 atom stereocenters. The molecule has 7 nitrogen and oxygen atoms in total. The lowest BCUT2D eigenvalue weighted by Crippen LogP contribution is -2.37. The van der Waals surface area contributed by atoms with Crippen molar-refractivity contribution >= 4 is 11.7 Å². The smallest absolute Gasteiger partial charge is 0.321 e. The maximum absolute atomic E-state index is 12.5. The van der Waals surface area contributed by atoms with Gasteiger partial charge in [0.15, 0.2) is 0 Å². The van der Waals surface area contributed by atoms with E-state index in [0.717, 1.165) is 19.3 Å². The van der Waals surface area contributed by atoms with Gasteiger partial charge in [-0.05, 0) is 25.0 Å². The number of hydrogen-bond donors (Lipinski definition) is 2. The standard InChI is InChI=1S/C17H22N4O3/c1-11-18-16(20-24-11)13-7-3-4-8-14(13)19-17(23)21(2)10-12-6-5-9-15(12)22/h3-4,7-8,12,15,22H,5-6,9-10H2,1-2H3,(H,19,23)/t12-,15+/m0/s1. The number of rotatable bonds is 4. The SMILES string of the molecule is Cc1nc(-c2ccccc2NC(=O)N(C)C[C@@H]2CCC[C@H]2O)no1. The Labute approximate surface area is 140 Å². The molecule has 3 rings (SSSR count). The van der Waals surface area contributed by atoms with Gasteiger partial charge < -0.3 is 19.8 Å². The molecule has 0 saturated heterocycles. The molecule has 0 radical (unpaired) electrons. The zero-order valence-corrected chi connectivity index (χ0v) is 13.9. The summed E-state index contributed by atoms with van der Waals surface area (Å²) in [5.74, 6) is 1.06. The first kappa shape index (κ1) is 16.4. The number of hydrogen-bond acceptors (Lipinski definition) is 5. The first-order chi connectivity index (χ1) is 11.5. The molecule has 1 fully saturated rings. The third-order valence-corrected chi connectivity index (χ3v) is 4.41. The number of aliphatic hydroxyl groups excluding tert-OH is 1. The Balaban J connectivity index is 1.70. The maximum atomic E-state index is 12.5. The zero-order valence-electron chi connectivity index (χ0n) is 13.9. The number of anilines is 1. The summed E-state index contributed by atoms with van der Waals surface area (Å²) in [6, 6.07) is 7.11. The molecule has 2 amide bonds. The Morgan fingerprint density at radius 3 is 2.88 bits per heavy atom. The highest BCUT2D eigenvalue weighted by Gasteiger charge is 2.27. The number of nitrogens with zero attached hydrogens (tertiary/aromatic N) is 3. The van der Waals surface area contributed by atoms with Crippen molar-refractivity contribution in [2.45, 2.75) is 32.3 Å². The van der Waals surface area contributed by atoms with Crippen LogP contribution in [-0.2, 0) is 0 Å². The molecule has 24 heavy (non-hydrogen) atoms. The fourth-order valence-corrected chi connectivity index (χ4v) is 3.07. The second-order valence-corrected chi connectivity index (χ2v) is 6.25.